The van der Waals surface area contributed by atoms with Crippen LogP contribution in [0.15, 0.2) is 60.9 Å². The van der Waals surface area contributed by atoms with Gasteiger partial charge in [0.25, 0.3) is 0 Å². The highest BCUT2D eigenvalue weighted by atomic mass is 32.1. The molecule has 0 radical (unpaired) electrons. The number of hydrogen-bond donors (Lipinski definition) is 2. The van der Waals surface area contributed by atoms with E-state index in [2.05, 4.69) is 20.3 Å². The highest BCUT2D eigenvalue weighted by Crippen LogP contribution is 2.40. The quantitative estimate of drug-likeness (QED) is 0.296. The van der Waals surface area contributed by atoms with Gasteiger partial charge in [-0.05, 0) is 48.4 Å². The molecule has 5 rings (SSSR count). The summed E-state index contributed by atoms with van der Waals surface area (Å²) in [6, 6.07) is 12.9. The van der Waals surface area contributed by atoms with Gasteiger partial charge in [0, 0.05) is 44.0 Å². The molecule has 2 aromatic carbocycles. The van der Waals surface area contributed by atoms with Crippen molar-refractivity contribution in [3.05, 3.63) is 83.0 Å². The Hall–Kier alpha value is -3.57. The van der Waals surface area contributed by atoms with E-state index >= 15 is 0 Å². The van der Waals surface area contributed by atoms with Crippen molar-refractivity contribution in [3.8, 4) is 10.4 Å². The zero-order valence-electron chi connectivity index (χ0n) is 19.8. The lowest BCUT2D eigenvalue weighted by atomic mass is 9.92. The summed E-state index contributed by atoms with van der Waals surface area (Å²) in [6.45, 7) is 2.85. The summed E-state index contributed by atoms with van der Waals surface area (Å²) >= 11 is 1.36. The Balaban J connectivity index is 1.33. The highest BCUT2D eigenvalue weighted by molar-refractivity contribution is 7.15. The van der Waals surface area contributed by atoms with Gasteiger partial charge in [0.2, 0.25) is 5.95 Å². The predicted octanol–water partition coefficient (Wildman–Crippen LogP) is 6.30. The van der Waals surface area contributed by atoms with Gasteiger partial charge in [-0.25, -0.2) is 19.3 Å². The van der Waals surface area contributed by atoms with Crippen LogP contribution in [0.1, 0.15) is 29.1 Å². The zero-order valence-corrected chi connectivity index (χ0v) is 20.6. The molecule has 1 fully saturated rings. The zero-order chi connectivity index (χ0) is 26.2. The molecule has 1 aliphatic rings. The van der Waals surface area contributed by atoms with Crippen LogP contribution >= 0.6 is 11.3 Å². The Kier molecular flexibility index (Phi) is 6.59. The van der Waals surface area contributed by atoms with Gasteiger partial charge in [-0.15, -0.1) is 11.3 Å². The Morgan fingerprint density at radius 1 is 1.05 bits per heavy atom. The van der Waals surface area contributed by atoms with Gasteiger partial charge in [-0.1, -0.05) is 18.2 Å². The maximum absolute atomic E-state index is 14.2. The molecule has 1 aliphatic heterocycles. The molecule has 192 valence electrons. The monoisotopic (exact) mass is 529 g/mol. The second kappa shape index (κ2) is 9.71. The number of nitrogens with one attached hydrogen (secondary N) is 1. The standard InChI is InChI=1S/C26H23F4N5OS/c1-16-12-17(14-18(13-16)33-24-31-9-6-22(34-24)26(28,29)30)21-15-32-23(37-21)25(36)7-10-35(11-8-25)20-5-3-2-4-19(20)27/h2-6,9,12-15,36H,7-8,10-11H2,1H3,(H,31,33,34). The molecular weight excluding hydrogens is 506 g/mol. The Morgan fingerprint density at radius 3 is 2.54 bits per heavy atom. The van der Waals surface area contributed by atoms with Gasteiger partial charge in [0.15, 0.2) is 0 Å². The molecule has 0 spiro atoms. The first-order chi connectivity index (χ1) is 17.6. The minimum Gasteiger partial charge on any atom is -0.383 e. The molecule has 1 saturated heterocycles. The third-order valence-electron chi connectivity index (χ3n) is 6.25. The molecule has 37 heavy (non-hydrogen) atoms. The normalized spacial score (nSPS) is 15.6. The molecular formula is C26H23F4N5OS. The van der Waals surface area contributed by atoms with Gasteiger partial charge >= 0.3 is 6.18 Å². The number of piperidine rings is 1. The maximum atomic E-state index is 14.2. The second-order valence-electron chi connectivity index (χ2n) is 8.98. The fourth-order valence-corrected chi connectivity index (χ4v) is 5.41. The average molecular weight is 530 g/mol. The van der Waals surface area contributed by atoms with Gasteiger partial charge in [0.1, 0.15) is 22.1 Å². The van der Waals surface area contributed by atoms with E-state index in [1.165, 1.54) is 17.4 Å². The number of benzene rings is 2. The number of halogens is 4. The van der Waals surface area contributed by atoms with E-state index in [0.717, 1.165) is 28.3 Å². The first-order valence-corrected chi connectivity index (χ1v) is 12.4. The Bertz CT molecular complexity index is 1420. The first kappa shape index (κ1) is 25.1. The fourth-order valence-electron chi connectivity index (χ4n) is 4.37. The van der Waals surface area contributed by atoms with Gasteiger partial charge < -0.3 is 15.3 Å². The summed E-state index contributed by atoms with van der Waals surface area (Å²) in [5, 5.41) is 14.8. The molecule has 0 unspecified atom stereocenters. The predicted molar refractivity (Wildman–Crippen MR) is 134 cm³/mol. The number of aromatic nitrogens is 3. The van der Waals surface area contributed by atoms with Crippen molar-refractivity contribution in [2.75, 3.05) is 23.3 Å². The lowest BCUT2D eigenvalue weighted by Crippen LogP contribution is -2.42. The van der Waals surface area contributed by atoms with E-state index in [1.54, 1.807) is 36.5 Å². The van der Waals surface area contributed by atoms with Crippen LogP contribution in [-0.2, 0) is 11.8 Å². The second-order valence-corrected chi connectivity index (χ2v) is 10.0. The molecule has 2 aromatic heterocycles. The van der Waals surface area contributed by atoms with Crippen molar-refractivity contribution in [1.29, 1.82) is 0 Å². The molecule has 0 saturated carbocycles. The summed E-state index contributed by atoms with van der Waals surface area (Å²) in [5.41, 5.74) is 0.570. The SMILES string of the molecule is Cc1cc(Nc2nccc(C(F)(F)F)n2)cc(-c2cnc(C3(O)CCN(c4ccccc4F)CC3)s2)c1. The number of nitrogens with zero attached hydrogens (tertiary/aromatic N) is 4. The molecule has 11 heteroatoms. The first-order valence-electron chi connectivity index (χ1n) is 11.6. The lowest BCUT2D eigenvalue weighted by Gasteiger charge is -2.38. The van der Waals surface area contributed by atoms with Crippen LogP contribution in [0.3, 0.4) is 0 Å². The number of para-hydroxylation sites is 1. The van der Waals surface area contributed by atoms with E-state index in [4.69, 9.17) is 0 Å². The molecule has 0 atom stereocenters. The number of anilines is 3. The van der Waals surface area contributed by atoms with E-state index in [-0.39, 0.29) is 11.8 Å². The largest absolute Gasteiger partial charge is 0.433 e. The number of thiazole rings is 1. The number of hydrogen-bond acceptors (Lipinski definition) is 7. The van der Waals surface area contributed by atoms with Gasteiger partial charge in [0.05, 0.1) is 10.6 Å². The van der Waals surface area contributed by atoms with Crippen molar-refractivity contribution in [1.82, 2.24) is 15.0 Å². The van der Waals surface area contributed by atoms with Crippen LogP contribution in [0, 0.1) is 12.7 Å². The molecule has 0 bridgehead atoms. The van der Waals surface area contributed by atoms with Crippen molar-refractivity contribution in [2.45, 2.75) is 31.5 Å². The van der Waals surface area contributed by atoms with Crippen LogP contribution < -0.4 is 10.2 Å². The van der Waals surface area contributed by atoms with E-state index in [1.807, 2.05) is 17.9 Å². The minimum atomic E-state index is -4.57. The van der Waals surface area contributed by atoms with E-state index in [9.17, 15) is 22.7 Å². The molecule has 4 aromatic rings. The average Bonchev–Trinajstić information content (AvgIpc) is 3.36. The van der Waals surface area contributed by atoms with E-state index < -0.39 is 17.5 Å². The van der Waals surface area contributed by atoms with Crippen molar-refractivity contribution >= 4 is 28.7 Å². The summed E-state index contributed by atoms with van der Waals surface area (Å²) in [6.07, 6.45) is -1.02. The molecule has 3 heterocycles. The maximum Gasteiger partial charge on any atom is 0.433 e. The fraction of sp³-hybridized carbons (Fsp3) is 0.269. The molecule has 6 nitrogen and oxygen atoms in total. The molecule has 0 aliphatic carbocycles. The van der Waals surface area contributed by atoms with Crippen LogP contribution in [0.25, 0.3) is 10.4 Å². The topological polar surface area (TPSA) is 74.2 Å². The van der Waals surface area contributed by atoms with Crippen molar-refractivity contribution < 1.29 is 22.7 Å². The van der Waals surface area contributed by atoms with E-state index in [0.29, 0.717) is 42.3 Å². The smallest absolute Gasteiger partial charge is 0.383 e. The molecule has 0 amide bonds. The number of aliphatic hydroxyl groups is 1. The van der Waals surface area contributed by atoms with Gasteiger partial charge in [-0.3, -0.25) is 0 Å². The summed E-state index contributed by atoms with van der Waals surface area (Å²) in [5.74, 6) is -0.448. The Morgan fingerprint density at radius 2 is 1.81 bits per heavy atom. The summed E-state index contributed by atoms with van der Waals surface area (Å²) in [7, 11) is 0. The van der Waals surface area contributed by atoms with Crippen LogP contribution in [0.5, 0.6) is 0 Å². The molecule has 2 N–H and O–H groups in total. The number of aryl methyl sites for hydroxylation is 1. The third kappa shape index (κ3) is 5.42. The van der Waals surface area contributed by atoms with Crippen molar-refractivity contribution in [2.24, 2.45) is 0 Å². The summed E-state index contributed by atoms with van der Waals surface area (Å²) < 4.78 is 53.2. The number of rotatable bonds is 5. The number of alkyl halides is 3. The summed E-state index contributed by atoms with van der Waals surface area (Å²) in [4.78, 5) is 14.7. The van der Waals surface area contributed by atoms with Crippen LogP contribution in [-0.4, -0.2) is 33.1 Å². The third-order valence-corrected chi connectivity index (χ3v) is 7.49. The van der Waals surface area contributed by atoms with Gasteiger partial charge in [-0.2, -0.15) is 13.2 Å². The highest BCUT2D eigenvalue weighted by Gasteiger charge is 2.37. The van der Waals surface area contributed by atoms with Crippen LogP contribution in [0.4, 0.5) is 34.9 Å². The lowest BCUT2D eigenvalue weighted by molar-refractivity contribution is -0.141. The minimum absolute atomic E-state index is 0.160. The van der Waals surface area contributed by atoms with Crippen LogP contribution in [0.2, 0.25) is 0 Å². The van der Waals surface area contributed by atoms with Crippen molar-refractivity contribution in [3.63, 3.8) is 0 Å². The Labute approximate surface area is 214 Å².